The number of nitrogens with one attached hydrogen (secondary N) is 1. The van der Waals surface area contributed by atoms with E-state index in [0.29, 0.717) is 43.3 Å². The number of hydrogen-bond acceptors (Lipinski definition) is 8. The molecule has 9 heteroatoms. The second kappa shape index (κ2) is 17.0. The average Bonchev–Trinajstić information content (AvgIpc) is 3.11. The van der Waals surface area contributed by atoms with Crippen molar-refractivity contribution in [3.05, 3.63) is 106 Å². The molecular weight excluding hydrogens is 596 g/mol. The number of aryl methyl sites for hydroxylation is 1. The van der Waals surface area contributed by atoms with Crippen LogP contribution in [0.4, 0.5) is 0 Å². The third-order valence-electron chi connectivity index (χ3n) is 7.78. The maximum atomic E-state index is 11.5. The van der Waals surface area contributed by atoms with Gasteiger partial charge < -0.3 is 29.2 Å². The van der Waals surface area contributed by atoms with Gasteiger partial charge in [0.2, 0.25) is 0 Å². The summed E-state index contributed by atoms with van der Waals surface area (Å²) >= 11 is 0. The van der Waals surface area contributed by atoms with Crippen molar-refractivity contribution >= 4 is 5.97 Å². The second-order valence-electron chi connectivity index (χ2n) is 10.7. The SMILES string of the molecule is CC.CCc1cc(CN[C@@H](CO)C(=O)O)c(OCc2cccc(C#N)c2)cc1OCc1cccc(-c2ccc3c(c2)OCCO3)c1C. The lowest BCUT2D eigenvalue weighted by Crippen LogP contribution is -2.39. The van der Waals surface area contributed by atoms with E-state index in [4.69, 9.17) is 18.9 Å². The molecule has 9 nitrogen and oxygen atoms in total. The van der Waals surface area contributed by atoms with Crippen LogP contribution in [0, 0.1) is 18.3 Å². The van der Waals surface area contributed by atoms with Crippen molar-refractivity contribution in [1.82, 2.24) is 5.32 Å². The quantitative estimate of drug-likeness (QED) is 0.149. The number of ether oxygens (including phenoxy) is 4. The molecule has 1 heterocycles. The summed E-state index contributed by atoms with van der Waals surface area (Å²) in [7, 11) is 0. The molecule has 0 bridgehead atoms. The summed E-state index contributed by atoms with van der Waals surface area (Å²) < 4.78 is 24.1. The van der Waals surface area contributed by atoms with Crippen LogP contribution in [-0.2, 0) is 31.0 Å². The lowest BCUT2D eigenvalue weighted by molar-refractivity contribution is -0.140. The van der Waals surface area contributed by atoms with Gasteiger partial charge in [-0.3, -0.25) is 10.1 Å². The fourth-order valence-corrected chi connectivity index (χ4v) is 5.21. The molecule has 3 N–H and O–H groups in total. The number of carbonyl (C=O) groups is 1. The van der Waals surface area contributed by atoms with Crippen LogP contribution in [0.3, 0.4) is 0 Å². The van der Waals surface area contributed by atoms with Crippen LogP contribution in [0.2, 0.25) is 0 Å². The molecule has 0 aliphatic carbocycles. The Morgan fingerprint density at radius 3 is 2.36 bits per heavy atom. The molecule has 1 atom stereocenters. The van der Waals surface area contributed by atoms with Crippen LogP contribution in [-0.4, -0.2) is 42.0 Å². The molecule has 0 spiro atoms. The van der Waals surface area contributed by atoms with Crippen LogP contribution >= 0.6 is 0 Å². The van der Waals surface area contributed by atoms with Crippen LogP contribution in [0.1, 0.15) is 54.2 Å². The number of carboxylic acids is 1. The number of fused-ring (bicyclic) bond motifs is 1. The minimum Gasteiger partial charge on any atom is -0.488 e. The number of carboxylic acid groups (broad SMARTS) is 1. The van der Waals surface area contributed by atoms with Gasteiger partial charge in [-0.2, -0.15) is 5.26 Å². The zero-order valence-electron chi connectivity index (χ0n) is 27.3. The van der Waals surface area contributed by atoms with E-state index in [0.717, 1.165) is 50.4 Å². The molecule has 0 fully saturated rings. The molecule has 4 aromatic rings. The first-order chi connectivity index (χ1) is 22.9. The van der Waals surface area contributed by atoms with Crippen LogP contribution in [0.25, 0.3) is 11.1 Å². The van der Waals surface area contributed by atoms with Crippen molar-refractivity contribution in [2.45, 2.75) is 59.9 Å². The van der Waals surface area contributed by atoms with Crippen LogP contribution < -0.4 is 24.3 Å². The summed E-state index contributed by atoms with van der Waals surface area (Å²) in [6, 6.07) is 24.1. The molecule has 4 aromatic carbocycles. The van der Waals surface area contributed by atoms with Crippen molar-refractivity contribution < 1.29 is 34.0 Å². The Kier molecular flexibility index (Phi) is 12.6. The van der Waals surface area contributed by atoms with Gasteiger partial charge in [-0.25, -0.2) is 0 Å². The number of nitrogens with zero attached hydrogens (tertiary/aromatic N) is 1. The number of aliphatic hydroxyl groups excluding tert-OH is 1. The van der Waals surface area contributed by atoms with Gasteiger partial charge in [0.05, 0.1) is 18.2 Å². The topological polar surface area (TPSA) is 130 Å². The average molecular weight is 639 g/mol. The maximum absolute atomic E-state index is 11.5. The fraction of sp³-hybridized carbons (Fsp3) is 0.316. The van der Waals surface area contributed by atoms with Crippen molar-refractivity contribution in [2.24, 2.45) is 0 Å². The monoisotopic (exact) mass is 638 g/mol. The number of hydrogen-bond donors (Lipinski definition) is 3. The summed E-state index contributed by atoms with van der Waals surface area (Å²) in [4.78, 5) is 11.5. The zero-order valence-corrected chi connectivity index (χ0v) is 27.3. The Morgan fingerprint density at radius 2 is 1.64 bits per heavy atom. The standard InChI is InChI=1S/C36H36N2O7.C2H6/c1-3-26-15-29(19-38-31(20-39)36(40)41)34(44-21-25-7-4-6-24(14-25)18-37)17-33(26)45-22-28-8-5-9-30(23(28)2)27-10-11-32-35(16-27)43-13-12-42-32;1-2/h4-11,14-17,31,38-39H,3,12-13,19-22H2,1-2H3,(H,40,41);1-2H3/t31-;/m0./s1. The number of rotatable bonds is 13. The molecule has 0 saturated heterocycles. The second-order valence-corrected chi connectivity index (χ2v) is 10.7. The van der Waals surface area contributed by atoms with Gasteiger partial charge in [-0.15, -0.1) is 0 Å². The van der Waals surface area contributed by atoms with E-state index in [1.807, 2.05) is 69.3 Å². The highest BCUT2D eigenvalue weighted by Gasteiger charge is 2.19. The molecular formula is C38H42N2O7. The summed E-state index contributed by atoms with van der Waals surface area (Å²) in [6.07, 6.45) is 0.672. The third kappa shape index (κ3) is 8.82. The normalized spacial score (nSPS) is 12.3. The number of aliphatic carboxylic acids is 1. The highest BCUT2D eigenvalue weighted by atomic mass is 16.6. The van der Waals surface area contributed by atoms with E-state index in [1.54, 1.807) is 18.2 Å². The Labute approximate surface area is 276 Å². The van der Waals surface area contributed by atoms with Gasteiger partial charge in [-0.05, 0) is 77.1 Å². The van der Waals surface area contributed by atoms with Gasteiger partial charge in [0.25, 0.3) is 0 Å². The van der Waals surface area contributed by atoms with Gasteiger partial charge in [0, 0.05) is 18.2 Å². The first-order valence-electron chi connectivity index (χ1n) is 15.9. The lowest BCUT2D eigenvalue weighted by atomic mass is 9.96. The highest BCUT2D eigenvalue weighted by Crippen LogP contribution is 2.37. The van der Waals surface area contributed by atoms with E-state index in [2.05, 4.69) is 24.4 Å². The van der Waals surface area contributed by atoms with Gasteiger partial charge in [-0.1, -0.05) is 57.2 Å². The Morgan fingerprint density at radius 1 is 0.915 bits per heavy atom. The largest absolute Gasteiger partial charge is 0.488 e. The molecule has 0 aromatic heterocycles. The fourth-order valence-electron chi connectivity index (χ4n) is 5.21. The van der Waals surface area contributed by atoms with Crippen molar-refractivity contribution in [3.63, 3.8) is 0 Å². The van der Waals surface area contributed by atoms with E-state index in [1.165, 1.54) is 0 Å². The first kappa shape index (κ1) is 34.8. The molecule has 246 valence electrons. The zero-order chi connectivity index (χ0) is 33.8. The van der Waals surface area contributed by atoms with E-state index >= 15 is 0 Å². The minimum absolute atomic E-state index is 0.162. The highest BCUT2D eigenvalue weighted by molar-refractivity contribution is 5.73. The van der Waals surface area contributed by atoms with Gasteiger partial charge in [0.1, 0.15) is 44.0 Å². The van der Waals surface area contributed by atoms with Crippen LogP contribution in [0.15, 0.2) is 72.8 Å². The number of aliphatic hydroxyl groups is 1. The maximum Gasteiger partial charge on any atom is 0.323 e. The molecule has 47 heavy (non-hydrogen) atoms. The Hall–Kier alpha value is -5.04. The Bertz CT molecular complexity index is 1710. The third-order valence-corrected chi connectivity index (χ3v) is 7.78. The number of benzene rings is 4. The van der Waals surface area contributed by atoms with Crippen molar-refractivity contribution in [1.29, 1.82) is 5.26 Å². The Balaban J connectivity index is 0.00000245. The first-order valence-corrected chi connectivity index (χ1v) is 15.9. The van der Waals surface area contributed by atoms with E-state index in [9.17, 15) is 20.3 Å². The predicted octanol–water partition coefficient (Wildman–Crippen LogP) is 6.59. The smallest absolute Gasteiger partial charge is 0.323 e. The molecule has 0 radical (unpaired) electrons. The summed E-state index contributed by atoms with van der Waals surface area (Å²) in [6.45, 7) is 9.31. The van der Waals surface area contributed by atoms with Crippen LogP contribution in [0.5, 0.6) is 23.0 Å². The minimum atomic E-state index is -1.14. The molecule has 0 unspecified atom stereocenters. The van der Waals surface area contributed by atoms with Crippen molar-refractivity contribution in [2.75, 3.05) is 19.8 Å². The lowest BCUT2D eigenvalue weighted by Gasteiger charge is -2.20. The van der Waals surface area contributed by atoms with E-state index < -0.39 is 18.6 Å². The molecule has 0 amide bonds. The molecule has 5 rings (SSSR count). The van der Waals surface area contributed by atoms with Gasteiger partial charge in [0.15, 0.2) is 11.5 Å². The molecule has 1 aliphatic rings. The summed E-state index contributed by atoms with van der Waals surface area (Å²) in [5.74, 6) is 1.52. The molecule has 1 aliphatic heterocycles. The molecule has 0 saturated carbocycles. The van der Waals surface area contributed by atoms with Crippen molar-refractivity contribution in [3.8, 4) is 40.2 Å². The summed E-state index contributed by atoms with van der Waals surface area (Å²) in [5, 5.41) is 31.1. The number of nitriles is 1. The van der Waals surface area contributed by atoms with Gasteiger partial charge >= 0.3 is 5.97 Å². The summed E-state index contributed by atoms with van der Waals surface area (Å²) in [5.41, 5.74) is 7.23. The predicted molar refractivity (Wildman–Crippen MR) is 180 cm³/mol. The van der Waals surface area contributed by atoms with E-state index in [-0.39, 0.29) is 13.2 Å².